The Kier molecular flexibility index (Phi) is 6.03. The Labute approximate surface area is 186 Å². The van der Waals surface area contributed by atoms with E-state index in [4.69, 9.17) is 9.72 Å². The van der Waals surface area contributed by atoms with E-state index in [0.717, 1.165) is 44.0 Å². The third-order valence-corrected chi connectivity index (χ3v) is 5.87. The summed E-state index contributed by atoms with van der Waals surface area (Å²) in [5, 5.41) is 0. The molecule has 1 aliphatic rings. The molecule has 5 nitrogen and oxygen atoms in total. The summed E-state index contributed by atoms with van der Waals surface area (Å²) in [6.45, 7) is 13.4. The molecule has 5 heteroatoms. The molecule has 0 aliphatic carbocycles. The number of piperidine rings is 1. The highest BCUT2D eigenvalue weighted by atomic mass is 16.5. The second-order valence-electron chi connectivity index (χ2n) is 9.62. The Bertz CT molecular complexity index is 1010. The van der Waals surface area contributed by atoms with Gasteiger partial charge in [0.1, 0.15) is 5.60 Å². The van der Waals surface area contributed by atoms with Crippen LogP contribution in [0.15, 0.2) is 48.7 Å². The Morgan fingerprint density at radius 3 is 2.39 bits per heavy atom. The number of nitrogens with zero attached hydrogens (tertiary/aromatic N) is 4. The van der Waals surface area contributed by atoms with Crippen molar-refractivity contribution in [3.05, 3.63) is 60.0 Å². The van der Waals surface area contributed by atoms with E-state index in [1.807, 2.05) is 27.7 Å². The summed E-state index contributed by atoms with van der Waals surface area (Å²) in [4.78, 5) is 11.7. The summed E-state index contributed by atoms with van der Waals surface area (Å²) >= 11 is 0. The summed E-state index contributed by atoms with van der Waals surface area (Å²) in [7, 11) is 0. The normalized spacial score (nSPS) is 15.3. The fourth-order valence-corrected chi connectivity index (χ4v) is 4.28. The summed E-state index contributed by atoms with van der Waals surface area (Å²) < 4.78 is 8.60. The number of ether oxygens (including phenoxy) is 1. The smallest absolute Gasteiger partial charge is 0.258 e. The highest BCUT2D eigenvalue weighted by molar-refractivity contribution is 5.60. The van der Waals surface area contributed by atoms with Crippen LogP contribution >= 0.6 is 0 Å². The van der Waals surface area contributed by atoms with Gasteiger partial charge < -0.3 is 14.2 Å². The highest BCUT2D eigenvalue weighted by Crippen LogP contribution is 2.32. The minimum Gasteiger partial charge on any atom is -0.469 e. The van der Waals surface area contributed by atoms with Crippen LogP contribution < -0.4 is 9.64 Å². The molecule has 0 atom stereocenters. The first kappa shape index (κ1) is 21.4. The van der Waals surface area contributed by atoms with E-state index in [1.165, 1.54) is 17.0 Å². The minimum absolute atomic E-state index is 0.295. The van der Waals surface area contributed by atoms with Crippen molar-refractivity contribution in [3.63, 3.8) is 0 Å². The third-order valence-electron chi connectivity index (χ3n) is 5.87. The van der Waals surface area contributed by atoms with Gasteiger partial charge in [0, 0.05) is 31.0 Å². The standard InChI is InChI=1S/C26H34N4O/c1-19-17-27-25(31-26(3,4)5)24(28-19)29-15-13-21(14-16-29)18-30-20(2)11-12-23(30)22-9-7-6-8-10-22/h6-12,17,21H,13-16,18H2,1-5H3. The number of benzene rings is 1. The molecule has 31 heavy (non-hydrogen) atoms. The lowest BCUT2D eigenvalue weighted by Gasteiger charge is -2.34. The van der Waals surface area contributed by atoms with Crippen LogP contribution in [0.2, 0.25) is 0 Å². The van der Waals surface area contributed by atoms with Crippen LogP contribution in [-0.2, 0) is 6.54 Å². The fraction of sp³-hybridized carbons (Fsp3) is 0.462. The van der Waals surface area contributed by atoms with Crippen molar-refractivity contribution in [3.8, 4) is 17.1 Å². The maximum atomic E-state index is 6.11. The van der Waals surface area contributed by atoms with Crippen LogP contribution in [0.4, 0.5) is 5.82 Å². The Morgan fingerprint density at radius 2 is 1.71 bits per heavy atom. The van der Waals surface area contributed by atoms with E-state index in [0.29, 0.717) is 11.8 Å². The number of hydrogen-bond acceptors (Lipinski definition) is 4. The maximum Gasteiger partial charge on any atom is 0.258 e. The summed E-state index contributed by atoms with van der Waals surface area (Å²) in [5.41, 5.74) is 4.55. The Morgan fingerprint density at radius 1 is 1.00 bits per heavy atom. The molecule has 0 bridgehead atoms. The van der Waals surface area contributed by atoms with Gasteiger partial charge in [-0.15, -0.1) is 0 Å². The Balaban J connectivity index is 1.46. The van der Waals surface area contributed by atoms with Crippen LogP contribution in [0.25, 0.3) is 11.3 Å². The van der Waals surface area contributed by atoms with Gasteiger partial charge in [-0.05, 0) is 71.1 Å². The van der Waals surface area contributed by atoms with Gasteiger partial charge in [-0.2, -0.15) is 0 Å². The second kappa shape index (κ2) is 8.74. The Hall–Kier alpha value is -2.82. The van der Waals surface area contributed by atoms with Crippen molar-refractivity contribution in [2.75, 3.05) is 18.0 Å². The van der Waals surface area contributed by atoms with Crippen molar-refractivity contribution in [1.82, 2.24) is 14.5 Å². The summed E-state index contributed by atoms with van der Waals surface area (Å²) in [5.74, 6) is 2.18. The molecule has 1 fully saturated rings. The number of anilines is 1. The first-order valence-electron chi connectivity index (χ1n) is 11.3. The van der Waals surface area contributed by atoms with Gasteiger partial charge in [0.2, 0.25) is 0 Å². The zero-order valence-electron chi connectivity index (χ0n) is 19.4. The van der Waals surface area contributed by atoms with E-state index in [-0.39, 0.29) is 5.60 Å². The molecule has 0 N–H and O–H groups in total. The molecule has 1 aromatic carbocycles. The first-order chi connectivity index (χ1) is 14.8. The quantitative estimate of drug-likeness (QED) is 0.536. The molecule has 164 valence electrons. The number of aryl methyl sites for hydroxylation is 2. The first-order valence-corrected chi connectivity index (χ1v) is 11.3. The van der Waals surface area contributed by atoms with Gasteiger partial charge in [0.15, 0.2) is 5.82 Å². The molecule has 3 aromatic rings. The van der Waals surface area contributed by atoms with Crippen LogP contribution in [0, 0.1) is 19.8 Å². The zero-order valence-corrected chi connectivity index (χ0v) is 19.4. The van der Waals surface area contributed by atoms with Crippen molar-refractivity contribution >= 4 is 5.82 Å². The molecule has 1 aliphatic heterocycles. The predicted octanol–water partition coefficient (Wildman–Crippen LogP) is 5.66. The van der Waals surface area contributed by atoms with E-state index < -0.39 is 0 Å². The van der Waals surface area contributed by atoms with E-state index in [2.05, 4.69) is 63.8 Å². The van der Waals surface area contributed by atoms with E-state index in [1.54, 1.807) is 6.20 Å². The van der Waals surface area contributed by atoms with Crippen LogP contribution in [0.3, 0.4) is 0 Å². The molecule has 1 saturated heterocycles. The molecular formula is C26H34N4O. The number of rotatable bonds is 5. The molecule has 0 saturated carbocycles. The van der Waals surface area contributed by atoms with Crippen molar-refractivity contribution in [2.24, 2.45) is 5.92 Å². The van der Waals surface area contributed by atoms with Crippen molar-refractivity contribution in [2.45, 2.75) is 59.6 Å². The average Bonchev–Trinajstić information content (AvgIpc) is 3.10. The lowest BCUT2D eigenvalue weighted by atomic mass is 9.96. The highest BCUT2D eigenvalue weighted by Gasteiger charge is 2.26. The van der Waals surface area contributed by atoms with Crippen molar-refractivity contribution < 1.29 is 4.74 Å². The fourth-order valence-electron chi connectivity index (χ4n) is 4.28. The monoisotopic (exact) mass is 418 g/mol. The molecule has 4 rings (SSSR count). The molecule has 0 radical (unpaired) electrons. The van der Waals surface area contributed by atoms with E-state index >= 15 is 0 Å². The number of hydrogen-bond donors (Lipinski definition) is 0. The van der Waals surface area contributed by atoms with Gasteiger partial charge in [-0.3, -0.25) is 0 Å². The number of aromatic nitrogens is 3. The average molecular weight is 419 g/mol. The van der Waals surface area contributed by atoms with Gasteiger partial charge in [0.25, 0.3) is 5.88 Å². The maximum absolute atomic E-state index is 6.11. The molecule has 3 heterocycles. The van der Waals surface area contributed by atoms with Crippen LogP contribution in [-0.4, -0.2) is 33.2 Å². The van der Waals surface area contributed by atoms with Gasteiger partial charge in [-0.25, -0.2) is 9.97 Å². The van der Waals surface area contributed by atoms with Gasteiger partial charge in [0.05, 0.1) is 11.9 Å². The zero-order chi connectivity index (χ0) is 22.0. The van der Waals surface area contributed by atoms with Crippen LogP contribution in [0.1, 0.15) is 45.0 Å². The molecule has 2 aromatic heterocycles. The molecule has 0 unspecified atom stereocenters. The molecule has 0 spiro atoms. The largest absolute Gasteiger partial charge is 0.469 e. The lowest BCUT2D eigenvalue weighted by molar-refractivity contribution is 0.123. The molecular weight excluding hydrogens is 384 g/mol. The second-order valence-corrected chi connectivity index (χ2v) is 9.62. The van der Waals surface area contributed by atoms with E-state index in [9.17, 15) is 0 Å². The van der Waals surface area contributed by atoms with Crippen LogP contribution in [0.5, 0.6) is 5.88 Å². The summed E-state index contributed by atoms with van der Waals surface area (Å²) in [6, 6.07) is 15.2. The minimum atomic E-state index is -0.295. The predicted molar refractivity (Wildman–Crippen MR) is 127 cm³/mol. The lowest BCUT2D eigenvalue weighted by Crippen LogP contribution is -2.37. The summed E-state index contributed by atoms with van der Waals surface area (Å²) in [6.07, 6.45) is 4.06. The van der Waals surface area contributed by atoms with Crippen molar-refractivity contribution in [1.29, 1.82) is 0 Å². The SMILES string of the molecule is Cc1cnc(OC(C)(C)C)c(N2CCC(Cn3c(C)ccc3-c3ccccc3)CC2)n1. The van der Waals surface area contributed by atoms with Gasteiger partial charge in [-0.1, -0.05) is 30.3 Å². The topological polar surface area (TPSA) is 43.2 Å². The van der Waals surface area contributed by atoms with Gasteiger partial charge >= 0.3 is 0 Å². The third kappa shape index (κ3) is 5.09. The molecule has 0 amide bonds.